The molecular formula is C64H58N4O. The van der Waals surface area contributed by atoms with Gasteiger partial charge in [-0.2, -0.15) is 0 Å². The van der Waals surface area contributed by atoms with Gasteiger partial charge in [0, 0.05) is 51.3 Å². The van der Waals surface area contributed by atoms with Crippen LogP contribution in [0.2, 0.25) is 0 Å². The van der Waals surface area contributed by atoms with Crippen LogP contribution in [0.3, 0.4) is 0 Å². The molecule has 0 N–H and O–H groups in total. The maximum absolute atomic E-state index is 6.86. The number of benzene rings is 8. The van der Waals surface area contributed by atoms with Crippen molar-refractivity contribution in [1.29, 1.82) is 0 Å². The lowest BCUT2D eigenvalue weighted by molar-refractivity contribution is 0.483. The smallest absolute Gasteiger partial charge is 0.137 e. The van der Waals surface area contributed by atoms with Gasteiger partial charge in [-0.05, 0) is 111 Å². The third-order valence-corrected chi connectivity index (χ3v) is 14.5. The number of aromatic nitrogens is 2. The van der Waals surface area contributed by atoms with E-state index in [-0.39, 0.29) is 16.2 Å². The minimum Gasteiger partial charge on any atom is -0.457 e. The third-order valence-electron chi connectivity index (χ3n) is 14.5. The van der Waals surface area contributed by atoms with E-state index in [4.69, 9.17) is 9.72 Å². The lowest BCUT2D eigenvalue weighted by Crippen LogP contribution is -2.25. The van der Waals surface area contributed by atoms with Gasteiger partial charge < -0.3 is 14.5 Å². The summed E-state index contributed by atoms with van der Waals surface area (Å²) in [4.78, 5) is 9.90. The van der Waals surface area contributed by atoms with E-state index in [0.29, 0.717) is 6.67 Å². The van der Waals surface area contributed by atoms with Crippen molar-refractivity contribution < 1.29 is 4.74 Å². The molecule has 0 radical (unpaired) electrons. The highest BCUT2D eigenvalue weighted by molar-refractivity contribution is 6.09. The van der Waals surface area contributed by atoms with Crippen molar-refractivity contribution in [3.05, 3.63) is 240 Å². The molecule has 1 aliphatic rings. The summed E-state index contributed by atoms with van der Waals surface area (Å²) in [5.74, 6) is 2.40. The molecule has 0 aliphatic carbocycles. The van der Waals surface area contributed by atoms with Gasteiger partial charge >= 0.3 is 0 Å². The van der Waals surface area contributed by atoms with Crippen molar-refractivity contribution in [3.8, 4) is 28.4 Å². The summed E-state index contributed by atoms with van der Waals surface area (Å²) < 4.78 is 9.14. The quantitative estimate of drug-likeness (QED) is 0.137. The number of pyridine rings is 1. The van der Waals surface area contributed by atoms with Gasteiger partial charge in [0.25, 0.3) is 0 Å². The summed E-state index contributed by atoms with van der Waals surface area (Å²) in [6, 6.07) is 74.4. The number of fused-ring (bicyclic) bond motifs is 4. The Balaban J connectivity index is 0.971. The van der Waals surface area contributed by atoms with Crippen LogP contribution in [-0.2, 0) is 16.2 Å². The van der Waals surface area contributed by atoms with Gasteiger partial charge in [0.1, 0.15) is 24.0 Å². The highest BCUT2D eigenvalue weighted by atomic mass is 16.5. The van der Waals surface area contributed by atoms with Crippen LogP contribution in [0.1, 0.15) is 76.3 Å². The Hall–Kier alpha value is -7.89. The summed E-state index contributed by atoms with van der Waals surface area (Å²) in [6.07, 6.45) is 1.94. The van der Waals surface area contributed by atoms with Crippen LogP contribution in [-0.4, -0.2) is 16.2 Å². The normalized spacial score (nSPS) is 13.0. The molecule has 5 heteroatoms. The third kappa shape index (κ3) is 8.02. The lowest BCUT2D eigenvalue weighted by atomic mass is 9.77. The molecule has 0 unspecified atom stereocenters. The first-order valence-corrected chi connectivity index (χ1v) is 24.1. The monoisotopic (exact) mass is 898 g/mol. The largest absolute Gasteiger partial charge is 0.457 e. The number of hydrogen-bond acceptors (Lipinski definition) is 4. The molecule has 5 nitrogen and oxygen atoms in total. The average molecular weight is 899 g/mol. The van der Waals surface area contributed by atoms with Crippen molar-refractivity contribution in [2.75, 3.05) is 16.5 Å². The van der Waals surface area contributed by atoms with Gasteiger partial charge in [0.2, 0.25) is 0 Å². The van der Waals surface area contributed by atoms with Crippen molar-refractivity contribution in [1.82, 2.24) is 9.55 Å². The van der Waals surface area contributed by atoms with Gasteiger partial charge in [0.05, 0.1) is 22.4 Å². The molecule has 3 heterocycles. The zero-order valence-corrected chi connectivity index (χ0v) is 40.6. The van der Waals surface area contributed by atoms with Crippen LogP contribution >= 0.6 is 0 Å². The molecular weight excluding hydrogens is 841 g/mol. The predicted molar refractivity (Wildman–Crippen MR) is 288 cm³/mol. The second-order valence-electron chi connectivity index (χ2n) is 20.6. The van der Waals surface area contributed by atoms with Gasteiger partial charge in [-0.25, -0.2) is 4.98 Å². The van der Waals surface area contributed by atoms with Crippen LogP contribution in [0, 0.1) is 0 Å². The number of rotatable bonds is 10. The summed E-state index contributed by atoms with van der Waals surface area (Å²) in [5, 5.41) is 2.32. The Labute approximate surface area is 406 Å². The molecule has 11 rings (SSSR count). The molecule has 8 aromatic carbocycles. The molecule has 0 spiro atoms. The van der Waals surface area contributed by atoms with Crippen LogP contribution < -0.4 is 14.5 Å². The van der Waals surface area contributed by atoms with Crippen molar-refractivity contribution in [3.63, 3.8) is 0 Å². The van der Waals surface area contributed by atoms with Crippen molar-refractivity contribution in [2.45, 2.75) is 64.7 Å². The number of ether oxygens (including phenoxy) is 1. The molecule has 1 aliphatic heterocycles. The van der Waals surface area contributed by atoms with E-state index in [0.717, 1.165) is 50.8 Å². The fourth-order valence-electron chi connectivity index (χ4n) is 10.2. The summed E-state index contributed by atoms with van der Waals surface area (Å²) in [5.41, 5.74) is 14.9. The van der Waals surface area contributed by atoms with Crippen LogP contribution in [0.5, 0.6) is 11.5 Å². The zero-order valence-electron chi connectivity index (χ0n) is 40.6. The van der Waals surface area contributed by atoms with E-state index < -0.39 is 0 Å². The van der Waals surface area contributed by atoms with Crippen LogP contribution in [0.15, 0.2) is 212 Å². The average Bonchev–Trinajstić information content (AvgIpc) is 3.93. The van der Waals surface area contributed by atoms with E-state index >= 15 is 0 Å². The minimum atomic E-state index is -0.237. The Morgan fingerprint density at radius 2 is 1.04 bits per heavy atom. The van der Waals surface area contributed by atoms with E-state index in [1.807, 2.05) is 6.20 Å². The Bertz CT molecular complexity index is 3490. The van der Waals surface area contributed by atoms with Gasteiger partial charge in [-0.1, -0.05) is 176 Å². The van der Waals surface area contributed by atoms with Gasteiger partial charge in [0.15, 0.2) is 0 Å². The number of para-hydroxylation sites is 1. The van der Waals surface area contributed by atoms with Crippen LogP contribution in [0.4, 0.5) is 22.7 Å². The lowest BCUT2D eigenvalue weighted by Gasteiger charge is -2.30. The summed E-state index contributed by atoms with van der Waals surface area (Å²) in [7, 11) is 0. The van der Waals surface area contributed by atoms with Crippen LogP contribution in [0.25, 0.3) is 38.8 Å². The first-order valence-electron chi connectivity index (χ1n) is 24.1. The van der Waals surface area contributed by atoms with Gasteiger partial charge in [-0.15, -0.1) is 0 Å². The molecule has 2 aromatic heterocycles. The minimum absolute atomic E-state index is 0.0291. The Kier molecular flexibility index (Phi) is 10.8. The van der Waals surface area contributed by atoms with E-state index in [1.54, 1.807) is 0 Å². The highest BCUT2D eigenvalue weighted by Gasteiger charge is 2.33. The second kappa shape index (κ2) is 17.0. The van der Waals surface area contributed by atoms with Crippen molar-refractivity contribution in [2.24, 2.45) is 0 Å². The topological polar surface area (TPSA) is 33.5 Å². The number of anilines is 4. The maximum Gasteiger partial charge on any atom is 0.137 e. The Morgan fingerprint density at radius 3 is 1.77 bits per heavy atom. The van der Waals surface area contributed by atoms with E-state index in [9.17, 15) is 0 Å². The fraction of sp³-hybridized carbons (Fsp3) is 0.172. The summed E-state index contributed by atoms with van der Waals surface area (Å²) in [6.45, 7) is 16.7. The zero-order chi connectivity index (χ0) is 47.5. The molecule has 0 amide bonds. The number of nitrogens with zero attached hydrogens (tertiary/aromatic N) is 4. The molecule has 0 saturated heterocycles. The molecule has 0 saturated carbocycles. The SMILES string of the molecule is CC(C)(C)c1ccc2c(c1)N(c1cc(-c3ccccc3)cc(C(C)(C)c3ccccc3)c1)CN2c1cccc(Oc2ccc3c4ccccc4n(-c4cc(C(C)(C)c5ccccc5)ccn4)c3c2)c1. The van der Waals surface area contributed by atoms with E-state index in [2.05, 4.69) is 269 Å². The second-order valence-corrected chi connectivity index (χ2v) is 20.6. The molecule has 340 valence electrons. The molecule has 0 bridgehead atoms. The maximum atomic E-state index is 6.86. The Morgan fingerprint density at radius 1 is 0.406 bits per heavy atom. The molecule has 0 fully saturated rings. The number of hydrogen-bond donors (Lipinski definition) is 0. The summed E-state index contributed by atoms with van der Waals surface area (Å²) >= 11 is 0. The fourth-order valence-corrected chi connectivity index (χ4v) is 10.2. The molecule has 0 atom stereocenters. The van der Waals surface area contributed by atoms with Crippen molar-refractivity contribution >= 4 is 44.6 Å². The predicted octanol–water partition coefficient (Wildman–Crippen LogP) is 16.8. The first kappa shape index (κ1) is 43.7. The van der Waals surface area contributed by atoms with Gasteiger partial charge in [-0.3, -0.25) is 4.57 Å². The molecule has 10 aromatic rings. The molecule has 69 heavy (non-hydrogen) atoms. The standard InChI is InChI=1S/C64H58N4O/c1-62(2,3)48-30-33-58-60(39-48)67(52-37-45(44-20-11-8-12-21-44)36-50(38-52)64(6,7)47-24-15-10-16-25-47)43-66(58)51-26-19-27-53(41-51)69-54-31-32-56-55-28-17-18-29-57(55)68(59(56)42-54)61-40-49(34-35-65-61)63(4,5)46-22-13-9-14-23-46/h8-42H,43H2,1-7H3. The first-order chi connectivity index (χ1) is 33.3. The highest BCUT2D eigenvalue weighted by Crippen LogP contribution is 2.49. The van der Waals surface area contributed by atoms with E-state index in [1.165, 1.54) is 50.0 Å².